The number of fused-ring (bicyclic) bond motifs is 2. The summed E-state index contributed by atoms with van der Waals surface area (Å²) in [5, 5.41) is 21.1. The lowest BCUT2D eigenvalue weighted by atomic mass is 9.70. The first-order valence-electron chi connectivity index (χ1n) is 17.3. The van der Waals surface area contributed by atoms with E-state index in [9.17, 15) is 24.3 Å². The standard InChI is InChI=1S/C37H43BrN6O7/c1-3-5-17-29(46)50-22-27(24-13-7-6-8-14-24)39-34(47)30-31-35(48)43(19-11-12-20-45)33(37(31)21-25(38)32(30)51-37)36(49)42(18-4-2)23-44-28-16-10-9-15-26(28)40-41-44/h3-4,6-10,13-16,25,27,30-33,45H,1-2,5,11-12,17-23H2,(H,39,47)/t25?,27-,30+,31-,32+,33+,37-/m0/s1. The summed E-state index contributed by atoms with van der Waals surface area (Å²) in [5.74, 6) is -3.41. The van der Waals surface area contributed by atoms with E-state index in [1.165, 1.54) is 4.90 Å². The number of ether oxygens (including phenoxy) is 2. The molecule has 2 aromatic carbocycles. The van der Waals surface area contributed by atoms with Crippen LogP contribution in [0.5, 0.6) is 0 Å². The van der Waals surface area contributed by atoms with E-state index < -0.39 is 47.5 Å². The molecule has 51 heavy (non-hydrogen) atoms. The first-order chi connectivity index (χ1) is 24.7. The maximum absolute atomic E-state index is 14.8. The number of halogens is 1. The SMILES string of the molecule is C=CCCC(=O)OC[C@H](NC(=O)[C@H]1[C@@H]2O[C@@]3(CC2Br)[C@@H]1C(=O)N(CCCCO)[C@@H]3C(=O)N(CC=C)Cn1nnc2ccccc21)c1ccccc1. The molecule has 6 rings (SSSR count). The van der Waals surface area contributed by atoms with Crippen LogP contribution >= 0.6 is 15.9 Å². The number of carbonyl (C=O) groups excluding carboxylic acids is 4. The number of hydrogen-bond donors (Lipinski definition) is 2. The summed E-state index contributed by atoms with van der Waals surface area (Å²) in [6.07, 6.45) is 4.42. The van der Waals surface area contributed by atoms with Crippen molar-refractivity contribution < 1.29 is 33.8 Å². The van der Waals surface area contributed by atoms with Crippen molar-refractivity contribution in [3.8, 4) is 0 Å². The van der Waals surface area contributed by atoms with Gasteiger partial charge in [0, 0.05) is 30.9 Å². The van der Waals surface area contributed by atoms with Crippen molar-refractivity contribution in [1.29, 1.82) is 0 Å². The number of likely N-dealkylation sites (tertiary alicyclic amines) is 1. The fourth-order valence-electron chi connectivity index (χ4n) is 7.72. The van der Waals surface area contributed by atoms with E-state index in [2.05, 4.69) is 44.7 Å². The molecule has 0 radical (unpaired) electrons. The molecule has 1 aromatic heterocycles. The lowest BCUT2D eigenvalue weighted by molar-refractivity contribution is -0.149. The molecule has 3 aliphatic rings. The number of para-hydroxylation sites is 1. The van der Waals surface area contributed by atoms with Crippen LogP contribution in [0.4, 0.5) is 0 Å². The van der Waals surface area contributed by atoms with E-state index in [0.717, 1.165) is 11.1 Å². The van der Waals surface area contributed by atoms with Gasteiger partial charge in [0.1, 0.15) is 30.4 Å². The van der Waals surface area contributed by atoms with E-state index in [1.54, 1.807) is 21.7 Å². The zero-order valence-electron chi connectivity index (χ0n) is 28.3. The molecule has 13 nitrogen and oxygen atoms in total. The normalized spacial score (nSPS) is 25.4. The van der Waals surface area contributed by atoms with Gasteiger partial charge in [-0.1, -0.05) is 75.8 Å². The van der Waals surface area contributed by atoms with Gasteiger partial charge >= 0.3 is 5.97 Å². The monoisotopic (exact) mass is 762 g/mol. The van der Waals surface area contributed by atoms with E-state index in [0.29, 0.717) is 31.2 Å². The largest absolute Gasteiger partial charge is 0.463 e. The van der Waals surface area contributed by atoms with Gasteiger partial charge in [-0.2, -0.15) is 0 Å². The second-order valence-electron chi connectivity index (χ2n) is 13.2. The highest BCUT2D eigenvalue weighted by Gasteiger charge is 2.76. The number of aliphatic hydroxyl groups excluding tert-OH is 1. The van der Waals surface area contributed by atoms with Gasteiger partial charge in [0.05, 0.1) is 29.5 Å². The Bertz CT molecular complexity index is 1770. The van der Waals surface area contributed by atoms with Crippen molar-refractivity contribution in [2.45, 2.75) is 67.4 Å². The van der Waals surface area contributed by atoms with Gasteiger partial charge in [-0.05, 0) is 43.4 Å². The summed E-state index contributed by atoms with van der Waals surface area (Å²) >= 11 is 3.74. The molecule has 2 bridgehead atoms. The van der Waals surface area contributed by atoms with Gasteiger partial charge in [0.2, 0.25) is 17.7 Å². The smallest absolute Gasteiger partial charge is 0.306 e. The van der Waals surface area contributed by atoms with Gasteiger partial charge < -0.3 is 29.7 Å². The number of unbranched alkanes of at least 4 members (excludes halogenated alkanes) is 1. The molecule has 3 fully saturated rings. The van der Waals surface area contributed by atoms with Crippen LogP contribution in [-0.4, -0.2) is 102 Å². The summed E-state index contributed by atoms with van der Waals surface area (Å²) in [7, 11) is 0. The summed E-state index contributed by atoms with van der Waals surface area (Å²) in [4.78, 5) is 58.9. The highest BCUT2D eigenvalue weighted by atomic mass is 79.9. The van der Waals surface area contributed by atoms with Crippen LogP contribution in [0.3, 0.4) is 0 Å². The number of nitrogens with one attached hydrogen (secondary N) is 1. The number of aliphatic hydroxyl groups is 1. The van der Waals surface area contributed by atoms with Gasteiger partial charge in [0.15, 0.2) is 0 Å². The van der Waals surface area contributed by atoms with Crippen molar-refractivity contribution in [3.63, 3.8) is 0 Å². The third kappa shape index (κ3) is 7.09. The molecule has 3 saturated heterocycles. The Morgan fingerprint density at radius 3 is 2.65 bits per heavy atom. The number of benzene rings is 2. The molecule has 1 spiro atoms. The predicted octanol–water partition coefficient (Wildman–Crippen LogP) is 3.29. The molecule has 1 unspecified atom stereocenters. The van der Waals surface area contributed by atoms with E-state index in [4.69, 9.17) is 9.47 Å². The molecule has 0 saturated carbocycles. The van der Waals surface area contributed by atoms with Crippen molar-refractivity contribution in [2.75, 3.05) is 26.3 Å². The van der Waals surface area contributed by atoms with Crippen LogP contribution in [0.15, 0.2) is 79.9 Å². The third-order valence-electron chi connectivity index (χ3n) is 10.0. The molecule has 14 heteroatoms. The molecule has 4 heterocycles. The van der Waals surface area contributed by atoms with Crippen LogP contribution < -0.4 is 5.32 Å². The Morgan fingerprint density at radius 2 is 1.90 bits per heavy atom. The van der Waals surface area contributed by atoms with E-state index >= 15 is 0 Å². The minimum atomic E-state index is -1.29. The van der Waals surface area contributed by atoms with Crippen LogP contribution in [0.2, 0.25) is 0 Å². The highest BCUT2D eigenvalue weighted by Crippen LogP contribution is 2.60. The number of alkyl halides is 1. The van der Waals surface area contributed by atoms with Crippen molar-refractivity contribution >= 4 is 50.7 Å². The minimum Gasteiger partial charge on any atom is -0.463 e. The zero-order valence-corrected chi connectivity index (χ0v) is 29.9. The fraction of sp³-hybridized carbons (Fsp3) is 0.459. The molecule has 2 N–H and O–H groups in total. The molecule has 3 aromatic rings. The molecule has 3 amide bonds. The predicted molar refractivity (Wildman–Crippen MR) is 191 cm³/mol. The van der Waals surface area contributed by atoms with Crippen LogP contribution in [0, 0.1) is 11.8 Å². The molecular weight excluding hydrogens is 720 g/mol. The summed E-state index contributed by atoms with van der Waals surface area (Å²) in [5.41, 5.74) is 0.858. The minimum absolute atomic E-state index is 0.0522. The van der Waals surface area contributed by atoms with Gasteiger partial charge in [-0.15, -0.1) is 18.3 Å². The number of hydrogen-bond acceptors (Lipinski definition) is 9. The number of rotatable bonds is 17. The third-order valence-corrected chi connectivity index (χ3v) is 10.8. The quantitative estimate of drug-likeness (QED) is 0.0913. The van der Waals surface area contributed by atoms with Gasteiger partial charge in [-0.25, -0.2) is 4.68 Å². The maximum atomic E-state index is 14.8. The Hall–Kier alpha value is -4.40. The average Bonchev–Trinajstić information content (AvgIpc) is 3.86. The van der Waals surface area contributed by atoms with E-state index in [1.807, 2.05) is 54.6 Å². The molecule has 270 valence electrons. The molecule has 7 atom stereocenters. The number of amides is 3. The van der Waals surface area contributed by atoms with Crippen molar-refractivity contribution in [2.24, 2.45) is 11.8 Å². The summed E-state index contributed by atoms with van der Waals surface area (Å²) in [6, 6.07) is 14.9. The number of esters is 1. The Kier molecular flexibility index (Phi) is 11.3. The second-order valence-corrected chi connectivity index (χ2v) is 14.4. The van der Waals surface area contributed by atoms with Crippen LogP contribution in [0.25, 0.3) is 11.0 Å². The van der Waals surface area contributed by atoms with Crippen molar-refractivity contribution in [3.05, 3.63) is 85.5 Å². The van der Waals surface area contributed by atoms with Gasteiger partial charge in [0.25, 0.3) is 0 Å². The van der Waals surface area contributed by atoms with Crippen LogP contribution in [-0.2, 0) is 35.3 Å². The molecular formula is C37H43BrN6O7. The lowest BCUT2D eigenvalue weighted by Gasteiger charge is -2.37. The number of allylic oxidation sites excluding steroid dienone is 1. The molecule has 0 aliphatic carbocycles. The Morgan fingerprint density at radius 1 is 1.14 bits per heavy atom. The topological polar surface area (TPSA) is 156 Å². The lowest BCUT2D eigenvalue weighted by Crippen LogP contribution is -2.57. The van der Waals surface area contributed by atoms with Crippen molar-refractivity contribution in [1.82, 2.24) is 30.1 Å². The fourth-order valence-corrected chi connectivity index (χ4v) is 8.66. The maximum Gasteiger partial charge on any atom is 0.306 e. The highest BCUT2D eigenvalue weighted by molar-refractivity contribution is 9.09. The number of aromatic nitrogens is 3. The summed E-state index contributed by atoms with van der Waals surface area (Å²) in [6.45, 7) is 7.77. The number of nitrogens with zero attached hydrogens (tertiary/aromatic N) is 5. The Labute approximate surface area is 304 Å². The summed E-state index contributed by atoms with van der Waals surface area (Å²) < 4.78 is 13.9. The van der Waals surface area contributed by atoms with Crippen LogP contribution in [0.1, 0.15) is 43.7 Å². The average molecular weight is 764 g/mol. The first-order valence-corrected chi connectivity index (χ1v) is 18.2. The van der Waals surface area contributed by atoms with E-state index in [-0.39, 0.29) is 56.0 Å². The first kappa shape index (κ1) is 36.4. The second kappa shape index (κ2) is 15.9. The molecule has 3 aliphatic heterocycles. The Balaban J connectivity index is 1.31. The van der Waals surface area contributed by atoms with Gasteiger partial charge in [-0.3, -0.25) is 19.2 Å². The number of carbonyl (C=O) groups is 4. The zero-order chi connectivity index (χ0) is 36.1.